The minimum Gasteiger partial charge on any atom is -0.369 e. The van der Waals surface area contributed by atoms with Gasteiger partial charge in [-0.1, -0.05) is 18.2 Å². The van der Waals surface area contributed by atoms with E-state index in [0.717, 1.165) is 55.6 Å². The van der Waals surface area contributed by atoms with Crippen LogP contribution in [0.4, 0.5) is 24.7 Å². The molecule has 2 fully saturated rings. The fourth-order valence-electron chi connectivity index (χ4n) is 5.15. The van der Waals surface area contributed by atoms with Crippen molar-refractivity contribution in [1.29, 1.82) is 0 Å². The van der Waals surface area contributed by atoms with Gasteiger partial charge < -0.3 is 15.1 Å². The normalized spacial score (nSPS) is 20.4. The van der Waals surface area contributed by atoms with Gasteiger partial charge in [0, 0.05) is 43.9 Å². The van der Waals surface area contributed by atoms with Crippen molar-refractivity contribution in [3.63, 3.8) is 0 Å². The number of hydrogen-bond donors (Lipinski definition) is 1. The van der Waals surface area contributed by atoms with Crippen LogP contribution in [0.25, 0.3) is 17.8 Å². The molecule has 0 spiro atoms. The summed E-state index contributed by atoms with van der Waals surface area (Å²) in [6, 6.07) is 14.6. The van der Waals surface area contributed by atoms with E-state index in [2.05, 4.69) is 39.5 Å². The van der Waals surface area contributed by atoms with Crippen LogP contribution < -0.4 is 15.1 Å². The van der Waals surface area contributed by atoms with Crippen molar-refractivity contribution >= 4 is 29.3 Å². The van der Waals surface area contributed by atoms with Crippen LogP contribution in [0, 0.1) is 11.6 Å². The van der Waals surface area contributed by atoms with Crippen LogP contribution in [-0.4, -0.2) is 53.5 Å². The minimum absolute atomic E-state index is 0.0540. The molecule has 6 rings (SSSR count). The lowest BCUT2D eigenvalue weighted by Gasteiger charge is -2.29. The van der Waals surface area contributed by atoms with Crippen molar-refractivity contribution in [2.45, 2.75) is 18.6 Å². The second-order valence-corrected chi connectivity index (χ2v) is 9.47. The molecule has 37 heavy (non-hydrogen) atoms. The quantitative estimate of drug-likeness (QED) is 0.420. The first kappa shape index (κ1) is 23.5. The van der Waals surface area contributed by atoms with Crippen LogP contribution >= 0.6 is 0 Å². The van der Waals surface area contributed by atoms with E-state index in [0.29, 0.717) is 11.5 Å². The van der Waals surface area contributed by atoms with E-state index in [1.165, 1.54) is 5.69 Å². The zero-order valence-corrected chi connectivity index (χ0v) is 20.2. The van der Waals surface area contributed by atoms with Gasteiger partial charge in [-0.05, 0) is 54.1 Å². The van der Waals surface area contributed by atoms with Gasteiger partial charge in [-0.3, -0.25) is 0 Å². The van der Waals surface area contributed by atoms with Gasteiger partial charge in [0.05, 0.1) is 24.5 Å². The number of piperazine rings is 1. The van der Waals surface area contributed by atoms with E-state index in [1.54, 1.807) is 27.7 Å². The largest absolute Gasteiger partial charge is 0.369 e. The zero-order chi connectivity index (χ0) is 25.4. The molecule has 2 aromatic heterocycles. The Morgan fingerprint density at radius 2 is 1.76 bits per heavy atom. The lowest BCUT2D eigenvalue weighted by molar-refractivity contribution is 0.355. The van der Waals surface area contributed by atoms with Gasteiger partial charge in [-0.25, -0.2) is 22.7 Å². The number of anilines is 2. The molecule has 2 aliphatic rings. The highest BCUT2D eigenvalue weighted by Crippen LogP contribution is 2.38. The first-order valence-corrected chi connectivity index (χ1v) is 12.5. The van der Waals surface area contributed by atoms with Crippen molar-refractivity contribution in [2.75, 3.05) is 42.5 Å². The third-order valence-corrected chi connectivity index (χ3v) is 7.06. The molecule has 0 radical (unpaired) electrons. The van der Waals surface area contributed by atoms with Crippen LogP contribution in [0.15, 0.2) is 60.8 Å². The van der Waals surface area contributed by atoms with Gasteiger partial charge in [0.1, 0.15) is 23.6 Å². The first-order valence-electron chi connectivity index (χ1n) is 12.5. The Balaban J connectivity index is 1.26. The minimum atomic E-state index is -1.17. The van der Waals surface area contributed by atoms with E-state index >= 15 is 0 Å². The summed E-state index contributed by atoms with van der Waals surface area (Å²) in [6.45, 7) is 4.03. The Hall–Kier alpha value is -3.85. The van der Waals surface area contributed by atoms with E-state index in [4.69, 9.17) is 5.10 Å². The van der Waals surface area contributed by atoms with Crippen molar-refractivity contribution in [3.05, 3.63) is 89.2 Å². The van der Waals surface area contributed by atoms with Crippen LogP contribution in [0.2, 0.25) is 0 Å². The molecule has 6 nitrogen and oxygen atoms in total. The average molecular weight is 505 g/mol. The molecule has 4 aromatic rings. The summed E-state index contributed by atoms with van der Waals surface area (Å²) in [5.74, 6) is -0.625. The van der Waals surface area contributed by atoms with E-state index in [9.17, 15) is 13.2 Å². The Labute approximate surface area is 213 Å². The second-order valence-electron chi connectivity index (χ2n) is 9.47. The maximum Gasteiger partial charge on any atom is 0.154 e. The number of halogens is 3. The highest BCUT2D eigenvalue weighted by Gasteiger charge is 2.36. The zero-order valence-electron chi connectivity index (χ0n) is 20.2. The van der Waals surface area contributed by atoms with E-state index < -0.39 is 23.8 Å². The number of nitrogens with one attached hydrogen (secondary N) is 1. The molecule has 4 heterocycles. The summed E-state index contributed by atoms with van der Waals surface area (Å²) in [4.78, 5) is 8.49. The second kappa shape index (κ2) is 9.89. The summed E-state index contributed by atoms with van der Waals surface area (Å²) in [5.41, 5.74) is 3.79. The summed E-state index contributed by atoms with van der Waals surface area (Å²) in [6.07, 6.45) is 4.56. The molecule has 0 amide bonds. The van der Waals surface area contributed by atoms with Crippen LogP contribution in [0.1, 0.15) is 29.3 Å². The maximum atomic E-state index is 14.5. The SMILES string of the molecule is Fc1ccc(F)c([C@H]2C[C@H](F)CN2c2ccc3ncc(/C=C\c4ccc(N5CCNCC5)cc4)n3n2)c1. The molecule has 2 aliphatic heterocycles. The molecule has 0 saturated carbocycles. The number of hydrogen-bond acceptors (Lipinski definition) is 5. The number of nitrogens with zero attached hydrogens (tertiary/aromatic N) is 5. The van der Waals surface area contributed by atoms with Gasteiger partial charge in [0.25, 0.3) is 0 Å². The summed E-state index contributed by atoms with van der Waals surface area (Å²) < 4.78 is 44.6. The number of rotatable bonds is 5. The third-order valence-electron chi connectivity index (χ3n) is 7.06. The number of benzene rings is 2. The van der Waals surface area contributed by atoms with Crippen molar-refractivity contribution in [1.82, 2.24) is 19.9 Å². The highest BCUT2D eigenvalue weighted by molar-refractivity contribution is 5.70. The molecule has 2 aromatic carbocycles. The Kier molecular flexibility index (Phi) is 6.30. The molecule has 0 bridgehead atoms. The predicted octanol–water partition coefficient (Wildman–Crippen LogP) is 4.88. The number of fused-ring (bicyclic) bond motifs is 1. The molecule has 2 saturated heterocycles. The summed E-state index contributed by atoms with van der Waals surface area (Å²) >= 11 is 0. The standard InChI is InChI=1S/C28H27F3N6/c29-20-4-8-25(31)24(15-20)26-16-21(30)18-36(26)28-10-9-27-33-17-23(37(27)34-28)7-3-19-1-5-22(6-2-19)35-13-11-32-12-14-35/h1-10,15,17,21,26,32H,11-14,16,18H2/b7-3-/t21-,26+/m0/s1. The first-order chi connectivity index (χ1) is 18.0. The highest BCUT2D eigenvalue weighted by atomic mass is 19.1. The Bertz CT molecular complexity index is 1430. The van der Waals surface area contributed by atoms with E-state index in [-0.39, 0.29) is 18.5 Å². The lowest BCUT2D eigenvalue weighted by atomic mass is 10.0. The predicted molar refractivity (Wildman–Crippen MR) is 139 cm³/mol. The average Bonchev–Trinajstić information content (AvgIpc) is 3.52. The molecular weight excluding hydrogens is 477 g/mol. The van der Waals surface area contributed by atoms with Gasteiger partial charge in [0.2, 0.25) is 0 Å². The number of aromatic nitrogens is 3. The summed E-state index contributed by atoms with van der Waals surface area (Å²) in [5, 5.41) is 8.07. The molecule has 0 aliphatic carbocycles. The van der Waals surface area contributed by atoms with Gasteiger partial charge >= 0.3 is 0 Å². The van der Waals surface area contributed by atoms with Crippen LogP contribution in [-0.2, 0) is 0 Å². The van der Waals surface area contributed by atoms with Crippen molar-refractivity contribution in [3.8, 4) is 0 Å². The topological polar surface area (TPSA) is 48.7 Å². The third kappa shape index (κ3) is 4.79. The summed E-state index contributed by atoms with van der Waals surface area (Å²) in [7, 11) is 0. The molecule has 190 valence electrons. The molecular formula is C28H27F3N6. The van der Waals surface area contributed by atoms with Crippen molar-refractivity contribution < 1.29 is 13.2 Å². The molecule has 1 N–H and O–H groups in total. The van der Waals surface area contributed by atoms with Gasteiger partial charge in [-0.15, -0.1) is 5.10 Å². The van der Waals surface area contributed by atoms with Crippen LogP contribution in [0.5, 0.6) is 0 Å². The molecule has 2 atom stereocenters. The fourth-order valence-corrected chi connectivity index (χ4v) is 5.15. The van der Waals surface area contributed by atoms with Gasteiger partial charge in [-0.2, -0.15) is 0 Å². The number of imidazole rings is 1. The monoisotopic (exact) mass is 504 g/mol. The lowest BCUT2D eigenvalue weighted by Crippen LogP contribution is -2.43. The molecule has 9 heteroatoms. The van der Waals surface area contributed by atoms with Gasteiger partial charge in [0.15, 0.2) is 5.65 Å². The smallest absolute Gasteiger partial charge is 0.154 e. The number of alkyl halides is 1. The van der Waals surface area contributed by atoms with Crippen molar-refractivity contribution in [2.24, 2.45) is 0 Å². The van der Waals surface area contributed by atoms with Crippen LogP contribution in [0.3, 0.4) is 0 Å². The Morgan fingerprint density at radius 3 is 2.57 bits per heavy atom. The van der Waals surface area contributed by atoms with E-state index in [1.807, 2.05) is 12.2 Å². The fraction of sp³-hybridized carbons (Fsp3) is 0.286. The Morgan fingerprint density at radius 1 is 0.946 bits per heavy atom. The maximum absolute atomic E-state index is 14.5. The molecule has 0 unspecified atom stereocenters.